The van der Waals surface area contributed by atoms with Gasteiger partial charge in [-0.3, -0.25) is 14.4 Å². The molecule has 3 heterocycles. The largest absolute Gasteiger partial charge is 0.376 e. The number of ether oxygens (including phenoxy) is 1. The number of nitrogens with zero attached hydrogens (tertiary/aromatic N) is 4. The molecule has 0 spiro atoms. The first-order chi connectivity index (χ1) is 15.0. The van der Waals surface area contributed by atoms with Crippen LogP contribution in [0.2, 0.25) is 0 Å². The van der Waals surface area contributed by atoms with E-state index in [4.69, 9.17) is 4.74 Å². The van der Waals surface area contributed by atoms with Crippen molar-refractivity contribution in [2.75, 3.05) is 32.8 Å². The Kier molecular flexibility index (Phi) is 7.02. The molecule has 0 saturated carbocycles. The molecule has 0 aliphatic carbocycles. The summed E-state index contributed by atoms with van der Waals surface area (Å²) in [6.07, 6.45) is 4.21. The van der Waals surface area contributed by atoms with E-state index >= 15 is 0 Å². The van der Waals surface area contributed by atoms with E-state index in [9.17, 15) is 9.18 Å². The zero-order chi connectivity index (χ0) is 21.8. The Bertz CT molecular complexity index is 885. The molecule has 1 amide bonds. The Morgan fingerprint density at radius 2 is 2.00 bits per heavy atom. The summed E-state index contributed by atoms with van der Waals surface area (Å²) in [5.41, 5.74) is 2.24. The summed E-state index contributed by atoms with van der Waals surface area (Å²) in [6, 6.07) is 8.87. The van der Waals surface area contributed by atoms with Gasteiger partial charge in [0, 0.05) is 38.9 Å². The number of carbonyl (C=O) groups is 1. The SMILES string of the molecule is Cc1cc(C(=O)N(CC2CCN(Cc3ccccc3F)CC2)C[C@H]2CCCO2)n(C)n1. The van der Waals surface area contributed by atoms with Crippen LogP contribution in [0.1, 0.15) is 47.4 Å². The van der Waals surface area contributed by atoms with Gasteiger partial charge in [-0.2, -0.15) is 5.10 Å². The molecule has 0 N–H and O–H groups in total. The molecule has 168 valence electrons. The van der Waals surface area contributed by atoms with Crippen molar-refractivity contribution in [2.45, 2.75) is 45.3 Å². The average Bonchev–Trinajstić information content (AvgIpc) is 3.39. The van der Waals surface area contributed by atoms with E-state index in [0.717, 1.165) is 63.2 Å². The highest BCUT2D eigenvalue weighted by Gasteiger charge is 2.29. The number of amides is 1. The highest BCUT2D eigenvalue weighted by molar-refractivity contribution is 5.92. The van der Waals surface area contributed by atoms with Crippen LogP contribution in [-0.4, -0.2) is 64.4 Å². The van der Waals surface area contributed by atoms with Gasteiger partial charge in [0.2, 0.25) is 0 Å². The number of hydrogen-bond donors (Lipinski definition) is 0. The topological polar surface area (TPSA) is 50.6 Å². The van der Waals surface area contributed by atoms with E-state index in [1.807, 2.05) is 37.1 Å². The Hall–Kier alpha value is -2.25. The quantitative estimate of drug-likeness (QED) is 0.678. The molecule has 31 heavy (non-hydrogen) atoms. The van der Waals surface area contributed by atoms with Gasteiger partial charge in [-0.15, -0.1) is 0 Å². The molecule has 2 saturated heterocycles. The van der Waals surface area contributed by atoms with Crippen molar-refractivity contribution in [3.8, 4) is 0 Å². The van der Waals surface area contributed by atoms with Crippen LogP contribution in [0.3, 0.4) is 0 Å². The van der Waals surface area contributed by atoms with Gasteiger partial charge in [0.1, 0.15) is 11.5 Å². The lowest BCUT2D eigenvalue weighted by atomic mass is 9.95. The van der Waals surface area contributed by atoms with Gasteiger partial charge >= 0.3 is 0 Å². The van der Waals surface area contributed by atoms with E-state index in [1.165, 1.54) is 6.07 Å². The number of hydrogen-bond acceptors (Lipinski definition) is 4. The predicted molar refractivity (Wildman–Crippen MR) is 117 cm³/mol. The molecule has 1 atom stereocenters. The highest BCUT2D eigenvalue weighted by Crippen LogP contribution is 2.23. The smallest absolute Gasteiger partial charge is 0.272 e. The minimum absolute atomic E-state index is 0.0346. The minimum atomic E-state index is -0.135. The fraction of sp³-hybridized carbons (Fsp3) is 0.583. The summed E-state index contributed by atoms with van der Waals surface area (Å²) >= 11 is 0. The lowest BCUT2D eigenvalue weighted by Gasteiger charge is -2.35. The van der Waals surface area contributed by atoms with Gasteiger partial charge in [-0.05, 0) is 63.7 Å². The van der Waals surface area contributed by atoms with E-state index < -0.39 is 0 Å². The summed E-state index contributed by atoms with van der Waals surface area (Å²) < 4.78 is 21.5. The molecule has 1 aromatic heterocycles. The fourth-order valence-electron chi connectivity index (χ4n) is 4.75. The third-order valence-corrected chi connectivity index (χ3v) is 6.49. The zero-order valence-electron chi connectivity index (χ0n) is 18.6. The molecule has 6 nitrogen and oxygen atoms in total. The first kappa shape index (κ1) is 22.0. The molecule has 0 radical (unpaired) electrons. The van der Waals surface area contributed by atoms with Gasteiger partial charge in [0.25, 0.3) is 5.91 Å². The van der Waals surface area contributed by atoms with Crippen molar-refractivity contribution in [3.63, 3.8) is 0 Å². The number of halogens is 1. The van der Waals surface area contributed by atoms with E-state index in [1.54, 1.807) is 10.7 Å². The first-order valence-corrected chi connectivity index (χ1v) is 11.4. The van der Waals surface area contributed by atoms with Gasteiger partial charge < -0.3 is 9.64 Å². The number of benzene rings is 1. The van der Waals surface area contributed by atoms with Crippen molar-refractivity contribution < 1.29 is 13.9 Å². The Morgan fingerprint density at radius 3 is 2.65 bits per heavy atom. The molecule has 2 aliphatic rings. The summed E-state index contributed by atoms with van der Waals surface area (Å²) in [5.74, 6) is 0.341. The van der Waals surface area contributed by atoms with Gasteiger partial charge in [0.05, 0.1) is 11.8 Å². The summed E-state index contributed by atoms with van der Waals surface area (Å²) in [7, 11) is 1.83. The molecule has 1 aromatic carbocycles. The van der Waals surface area contributed by atoms with Crippen molar-refractivity contribution in [3.05, 3.63) is 53.1 Å². The second-order valence-electron chi connectivity index (χ2n) is 8.95. The molecule has 2 fully saturated rings. The van der Waals surface area contributed by atoms with Gasteiger partial charge in [-0.1, -0.05) is 18.2 Å². The second-order valence-corrected chi connectivity index (χ2v) is 8.95. The zero-order valence-corrected chi connectivity index (χ0v) is 18.6. The summed E-state index contributed by atoms with van der Waals surface area (Å²) in [6.45, 7) is 6.55. The van der Waals surface area contributed by atoms with Crippen LogP contribution in [0.25, 0.3) is 0 Å². The van der Waals surface area contributed by atoms with Crippen LogP contribution >= 0.6 is 0 Å². The van der Waals surface area contributed by atoms with Crippen LogP contribution in [0, 0.1) is 18.7 Å². The first-order valence-electron chi connectivity index (χ1n) is 11.4. The van der Waals surface area contributed by atoms with Crippen molar-refractivity contribution >= 4 is 5.91 Å². The number of likely N-dealkylation sites (tertiary alicyclic amines) is 1. The van der Waals surface area contributed by atoms with Crippen molar-refractivity contribution in [1.29, 1.82) is 0 Å². The van der Waals surface area contributed by atoms with E-state index in [2.05, 4.69) is 10.00 Å². The molecule has 7 heteroatoms. The van der Waals surface area contributed by atoms with Crippen molar-refractivity contribution in [1.82, 2.24) is 19.6 Å². The maximum absolute atomic E-state index is 14.0. The Labute approximate surface area is 184 Å². The van der Waals surface area contributed by atoms with Crippen LogP contribution in [0.4, 0.5) is 4.39 Å². The lowest BCUT2D eigenvalue weighted by molar-refractivity contribution is 0.0436. The number of rotatable bonds is 7. The van der Waals surface area contributed by atoms with E-state index in [-0.39, 0.29) is 17.8 Å². The highest BCUT2D eigenvalue weighted by atomic mass is 19.1. The van der Waals surface area contributed by atoms with E-state index in [0.29, 0.717) is 24.7 Å². The van der Waals surface area contributed by atoms with Gasteiger partial charge in [0.15, 0.2) is 0 Å². The molecular formula is C24H33FN4O2. The van der Waals surface area contributed by atoms with Crippen LogP contribution in [0.5, 0.6) is 0 Å². The average molecular weight is 429 g/mol. The molecule has 2 aliphatic heterocycles. The second kappa shape index (κ2) is 9.92. The number of piperidine rings is 1. The summed E-state index contributed by atoms with van der Waals surface area (Å²) in [5, 5.41) is 4.35. The van der Waals surface area contributed by atoms with Gasteiger partial charge in [-0.25, -0.2) is 4.39 Å². The number of carbonyl (C=O) groups excluding carboxylic acids is 1. The maximum Gasteiger partial charge on any atom is 0.272 e. The number of aryl methyl sites for hydroxylation is 2. The molecule has 0 unspecified atom stereocenters. The van der Waals surface area contributed by atoms with Crippen LogP contribution in [-0.2, 0) is 18.3 Å². The Balaban J connectivity index is 1.37. The minimum Gasteiger partial charge on any atom is -0.376 e. The predicted octanol–water partition coefficient (Wildman–Crippen LogP) is 3.40. The molecule has 0 bridgehead atoms. The third kappa shape index (κ3) is 5.52. The normalized spacial score (nSPS) is 20.3. The molecular weight excluding hydrogens is 395 g/mol. The monoisotopic (exact) mass is 428 g/mol. The molecule has 2 aromatic rings. The summed E-state index contributed by atoms with van der Waals surface area (Å²) in [4.78, 5) is 17.6. The Morgan fingerprint density at radius 1 is 1.23 bits per heavy atom. The standard InChI is InChI=1S/C24H33FN4O2/c1-18-14-23(27(2)26-18)24(30)29(17-21-7-5-13-31-21)15-19-9-11-28(12-10-19)16-20-6-3-4-8-22(20)25/h3-4,6,8,14,19,21H,5,7,9-13,15-17H2,1-2H3/t21-/m1/s1. The number of aromatic nitrogens is 2. The van der Waals surface area contributed by atoms with Crippen LogP contribution in [0.15, 0.2) is 30.3 Å². The lowest BCUT2D eigenvalue weighted by Crippen LogP contribution is -2.44. The molecule has 4 rings (SSSR count). The maximum atomic E-state index is 14.0. The van der Waals surface area contributed by atoms with Crippen LogP contribution < -0.4 is 0 Å². The third-order valence-electron chi connectivity index (χ3n) is 6.49. The van der Waals surface area contributed by atoms with Crippen molar-refractivity contribution in [2.24, 2.45) is 13.0 Å². The fourth-order valence-corrected chi connectivity index (χ4v) is 4.75.